The summed E-state index contributed by atoms with van der Waals surface area (Å²) in [4.78, 5) is 34.6. The summed E-state index contributed by atoms with van der Waals surface area (Å²) in [5, 5.41) is 0. The normalized spacial score (nSPS) is 14.0. The van der Waals surface area contributed by atoms with Crippen molar-refractivity contribution in [3.8, 4) is 22.9 Å². The summed E-state index contributed by atoms with van der Waals surface area (Å²) in [6, 6.07) is 27.5. The van der Waals surface area contributed by atoms with E-state index in [4.69, 9.17) is 13.8 Å². The van der Waals surface area contributed by atoms with Crippen molar-refractivity contribution >= 4 is 51.9 Å². The zero-order valence-corrected chi connectivity index (χ0v) is 27.1. The minimum atomic E-state index is -0.370. The Labute approximate surface area is 273 Å². The average Bonchev–Trinajstić information content (AvgIpc) is 3.75. The lowest BCUT2D eigenvalue weighted by atomic mass is 9.72. The number of nitrogens with zero attached hydrogens (tertiary/aromatic N) is 3. The predicted molar refractivity (Wildman–Crippen MR) is 187 cm³/mol. The van der Waals surface area contributed by atoms with Gasteiger partial charge in [0, 0.05) is 23.3 Å². The number of aromatic nitrogens is 2. The minimum absolute atomic E-state index is 0.0348. The lowest BCUT2D eigenvalue weighted by Crippen LogP contribution is -2.29. The topological polar surface area (TPSA) is 89.4 Å². The van der Waals surface area contributed by atoms with Crippen LogP contribution in [-0.4, -0.2) is 21.8 Å². The number of rotatable bonds is 7. The van der Waals surface area contributed by atoms with E-state index in [1.807, 2.05) is 42.5 Å². The highest BCUT2D eigenvalue weighted by Crippen LogP contribution is 2.38. The Bertz CT molecular complexity index is 2190. The number of carbonyl (C=O) groups is 2. The van der Waals surface area contributed by atoms with Crippen LogP contribution in [0.15, 0.2) is 106 Å². The van der Waals surface area contributed by atoms with E-state index in [1.165, 1.54) is 17.7 Å². The van der Waals surface area contributed by atoms with Crippen molar-refractivity contribution in [2.24, 2.45) is 5.41 Å². The first kappa shape index (κ1) is 30.1. The first-order chi connectivity index (χ1) is 22.4. The molecule has 0 saturated heterocycles. The van der Waals surface area contributed by atoms with Crippen LogP contribution in [0.1, 0.15) is 57.7 Å². The minimum Gasteiger partial charge on any atom is -0.436 e. The summed E-state index contributed by atoms with van der Waals surface area (Å²) >= 11 is 0. The molecule has 3 heterocycles. The second kappa shape index (κ2) is 11.4. The molecule has 0 atom stereocenters. The first-order valence-electron chi connectivity index (χ1n) is 15.7. The molecule has 6 aromatic rings. The van der Waals surface area contributed by atoms with Crippen LogP contribution in [0.4, 0.5) is 5.69 Å². The van der Waals surface area contributed by atoms with E-state index < -0.39 is 0 Å². The molecule has 7 rings (SSSR count). The molecule has 0 spiro atoms. The Balaban J connectivity index is 1.03. The highest BCUT2D eigenvalue weighted by atomic mass is 16.4. The summed E-state index contributed by atoms with van der Waals surface area (Å²) in [6.45, 7) is 11.4. The molecule has 0 N–H and O–H groups in total. The molecule has 7 nitrogen and oxygen atoms in total. The van der Waals surface area contributed by atoms with Gasteiger partial charge in [0.25, 0.3) is 11.8 Å². The van der Waals surface area contributed by atoms with Gasteiger partial charge in [-0.2, -0.15) is 0 Å². The molecule has 0 radical (unpaired) electrons. The van der Waals surface area contributed by atoms with Crippen LogP contribution in [0.5, 0.6) is 0 Å². The number of anilines is 1. The standard InChI is InChI=1S/C40H35N3O4/c1-39(2,3)24-40(4,5)29-16-18-33-31(22-29)41-37(46-33)27-12-8-25(9-13-27)6-7-26-10-14-28(15-11-26)38-42-32-23-30(17-19-34(32)47-38)43-35(44)20-21-36(43)45/h6-23H,24H2,1-5H3. The third-order valence-corrected chi connectivity index (χ3v) is 8.36. The molecule has 0 bridgehead atoms. The van der Waals surface area contributed by atoms with E-state index in [0.717, 1.165) is 44.7 Å². The van der Waals surface area contributed by atoms with Crippen LogP contribution in [0.2, 0.25) is 0 Å². The predicted octanol–water partition coefficient (Wildman–Crippen LogP) is 9.62. The number of imide groups is 1. The van der Waals surface area contributed by atoms with Gasteiger partial charge in [-0.3, -0.25) is 9.59 Å². The molecule has 2 amide bonds. The third-order valence-electron chi connectivity index (χ3n) is 8.36. The Morgan fingerprint density at radius 2 is 1.13 bits per heavy atom. The summed E-state index contributed by atoms with van der Waals surface area (Å²) in [7, 11) is 0. The molecule has 0 saturated carbocycles. The van der Waals surface area contributed by atoms with E-state index in [0.29, 0.717) is 28.6 Å². The zero-order chi connectivity index (χ0) is 32.9. The quantitative estimate of drug-likeness (QED) is 0.130. The maximum absolute atomic E-state index is 12.1. The van der Waals surface area contributed by atoms with Crippen LogP contribution < -0.4 is 4.90 Å². The number of fused-ring (bicyclic) bond motifs is 2. The number of benzene rings is 4. The number of hydrogen-bond donors (Lipinski definition) is 0. The van der Waals surface area contributed by atoms with Crippen molar-refractivity contribution in [2.75, 3.05) is 4.90 Å². The SMILES string of the molecule is CC(C)(C)CC(C)(C)c1ccc2oc(-c3ccc(C=Cc4ccc(-c5nc6cc(N7C(=O)C=CC7=O)ccc6o5)cc4)cc3)nc2c1. The third kappa shape index (κ3) is 6.17. The van der Waals surface area contributed by atoms with Gasteiger partial charge in [-0.15, -0.1) is 0 Å². The molecular weight excluding hydrogens is 586 g/mol. The number of carbonyl (C=O) groups excluding carboxylic acids is 2. The second-order valence-corrected chi connectivity index (χ2v) is 13.9. The van der Waals surface area contributed by atoms with E-state index in [9.17, 15) is 9.59 Å². The Morgan fingerprint density at radius 1 is 0.638 bits per heavy atom. The number of hydrogen-bond acceptors (Lipinski definition) is 6. The molecular formula is C40H35N3O4. The van der Waals surface area contributed by atoms with Crippen LogP contribution >= 0.6 is 0 Å². The molecule has 4 aromatic carbocycles. The molecule has 1 aliphatic heterocycles. The summed E-state index contributed by atoms with van der Waals surface area (Å²) < 4.78 is 12.1. The highest BCUT2D eigenvalue weighted by molar-refractivity contribution is 6.28. The van der Waals surface area contributed by atoms with Gasteiger partial charge in [-0.25, -0.2) is 14.9 Å². The largest absolute Gasteiger partial charge is 0.436 e. The summed E-state index contributed by atoms with van der Waals surface area (Å²) in [5.41, 5.74) is 8.64. The maximum Gasteiger partial charge on any atom is 0.258 e. The van der Waals surface area contributed by atoms with Gasteiger partial charge in [0.2, 0.25) is 11.8 Å². The lowest BCUT2D eigenvalue weighted by molar-refractivity contribution is -0.119. The fourth-order valence-corrected chi connectivity index (χ4v) is 6.40. The van der Waals surface area contributed by atoms with Crippen molar-refractivity contribution in [3.63, 3.8) is 0 Å². The smallest absolute Gasteiger partial charge is 0.258 e. The lowest BCUT2D eigenvalue weighted by Gasteiger charge is -2.32. The summed E-state index contributed by atoms with van der Waals surface area (Å²) in [6.07, 6.45) is 7.70. The van der Waals surface area contributed by atoms with Crippen molar-refractivity contribution in [3.05, 3.63) is 114 Å². The molecule has 0 fully saturated rings. The molecule has 7 heteroatoms. The van der Waals surface area contributed by atoms with Crippen LogP contribution in [0.25, 0.3) is 57.3 Å². The van der Waals surface area contributed by atoms with Crippen molar-refractivity contribution in [1.29, 1.82) is 0 Å². The highest BCUT2D eigenvalue weighted by Gasteiger charge is 2.28. The maximum atomic E-state index is 12.1. The fourth-order valence-electron chi connectivity index (χ4n) is 6.40. The second-order valence-electron chi connectivity index (χ2n) is 13.9. The zero-order valence-electron chi connectivity index (χ0n) is 27.1. The molecule has 1 aliphatic rings. The van der Waals surface area contributed by atoms with Gasteiger partial charge in [0.15, 0.2) is 11.2 Å². The average molecular weight is 622 g/mol. The van der Waals surface area contributed by atoms with Gasteiger partial charge < -0.3 is 8.83 Å². The summed E-state index contributed by atoms with van der Waals surface area (Å²) in [5.74, 6) is 0.336. The van der Waals surface area contributed by atoms with E-state index >= 15 is 0 Å². The van der Waals surface area contributed by atoms with Gasteiger partial charge >= 0.3 is 0 Å². The van der Waals surface area contributed by atoms with Crippen LogP contribution in [0, 0.1) is 5.41 Å². The molecule has 0 aliphatic carbocycles. The van der Waals surface area contributed by atoms with Crippen LogP contribution in [0.3, 0.4) is 0 Å². The molecule has 47 heavy (non-hydrogen) atoms. The van der Waals surface area contributed by atoms with Gasteiger partial charge in [0.1, 0.15) is 11.0 Å². The Kier molecular flexibility index (Phi) is 7.27. The van der Waals surface area contributed by atoms with E-state index in [-0.39, 0.29) is 22.6 Å². The number of amides is 2. The molecule has 0 unspecified atom stereocenters. The van der Waals surface area contributed by atoms with Gasteiger partial charge in [-0.05, 0) is 88.5 Å². The van der Waals surface area contributed by atoms with Crippen LogP contribution in [-0.2, 0) is 15.0 Å². The van der Waals surface area contributed by atoms with Crippen molar-refractivity contribution in [1.82, 2.24) is 9.97 Å². The number of oxazole rings is 2. The van der Waals surface area contributed by atoms with Gasteiger partial charge in [0.05, 0.1) is 5.69 Å². The van der Waals surface area contributed by atoms with E-state index in [1.54, 1.807) is 18.2 Å². The fraction of sp³-hybridized carbons (Fsp3) is 0.200. The first-order valence-corrected chi connectivity index (χ1v) is 15.7. The van der Waals surface area contributed by atoms with E-state index in [2.05, 4.69) is 76.0 Å². The Hall–Kier alpha value is -5.56. The van der Waals surface area contributed by atoms with Crippen molar-refractivity contribution < 1.29 is 18.4 Å². The Morgan fingerprint density at radius 3 is 1.64 bits per heavy atom. The van der Waals surface area contributed by atoms with Gasteiger partial charge in [-0.1, -0.05) is 77.1 Å². The van der Waals surface area contributed by atoms with Crippen molar-refractivity contribution in [2.45, 2.75) is 46.5 Å². The molecule has 2 aromatic heterocycles. The molecule has 234 valence electrons. The monoisotopic (exact) mass is 621 g/mol.